The van der Waals surface area contributed by atoms with Crippen molar-refractivity contribution in [1.82, 2.24) is 4.57 Å². The fraction of sp³-hybridized carbons (Fsp3) is 0.136. The summed E-state index contributed by atoms with van der Waals surface area (Å²) in [6, 6.07) is 18.4. The molecule has 0 fully saturated rings. The molecule has 0 spiro atoms. The van der Waals surface area contributed by atoms with Gasteiger partial charge in [-0.15, -0.1) is 0 Å². The third-order valence-electron chi connectivity index (χ3n) is 4.71. The van der Waals surface area contributed by atoms with E-state index in [0.717, 1.165) is 27.4 Å². The zero-order valence-corrected chi connectivity index (χ0v) is 16.8. The van der Waals surface area contributed by atoms with E-state index in [4.69, 9.17) is 33.1 Å². The van der Waals surface area contributed by atoms with Crippen LogP contribution in [-0.2, 0) is 6.54 Å². The first-order valence-corrected chi connectivity index (χ1v) is 9.76. The predicted molar refractivity (Wildman–Crippen MR) is 117 cm³/mol. The largest absolute Gasteiger partial charge is 0.491 e. The quantitative estimate of drug-likeness (QED) is 0.247. The average molecular weight is 429 g/mol. The number of benzene rings is 3. The van der Waals surface area contributed by atoms with E-state index in [9.17, 15) is 5.11 Å². The van der Waals surface area contributed by atoms with E-state index < -0.39 is 6.10 Å². The molecule has 4 rings (SSSR count). The normalized spacial score (nSPS) is 12.8. The van der Waals surface area contributed by atoms with Crippen molar-refractivity contribution in [2.24, 2.45) is 5.16 Å². The van der Waals surface area contributed by atoms with Gasteiger partial charge < -0.3 is 19.6 Å². The highest BCUT2D eigenvalue weighted by atomic mass is 35.5. The average Bonchev–Trinajstić information content (AvgIpc) is 3.00. The molecule has 0 radical (unpaired) electrons. The molecule has 1 aromatic heterocycles. The summed E-state index contributed by atoms with van der Waals surface area (Å²) in [4.78, 5) is 0. The molecule has 29 heavy (non-hydrogen) atoms. The van der Waals surface area contributed by atoms with Crippen LogP contribution in [0.2, 0.25) is 10.0 Å². The number of aromatic nitrogens is 1. The van der Waals surface area contributed by atoms with E-state index in [2.05, 4.69) is 5.16 Å². The summed E-state index contributed by atoms with van der Waals surface area (Å²) in [5.74, 6) is 0.625. The molecule has 0 aliphatic rings. The van der Waals surface area contributed by atoms with Gasteiger partial charge in [0.25, 0.3) is 0 Å². The molecule has 0 amide bonds. The van der Waals surface area contributed by atoms with Crippen molar-refractivity contribution in [3.05, 3.63) is 76.3 Å². The number of hydrogen-bond donors (Lipinski definition) is 2. The Bertz CT molecular complexity index is 1130. The van der Waals surface area contributed by atoms with Gasteiger partial charge in [-0.25, -0.2) is 0 Å². The Morgan fingerprint density at radius 2 is 1.52 bits per heavy atom. The second-order valence-electron chi connectivity index (χ2n) is 6.71. The van der Waals surface area contributed by atoms with E-state index in [-0.39, 0.29) is 6.61 Å². The maximum absolute atomic E-state index is 10.6. The topological polar surface area (TPSA) is 67.0 Å². The van der Waals surface area contributed by atoms with Crippen molar-refractivity contribution < 1.29 is 15.1 Å². The Morgan fingerprint density at radius 1 is 0.931 bits per heavy atom. The Balaban J connectivity index is 1.56. The van der Waals surface area contributed by atoms with Crippen LogP contribution in [0.1, 0.15) is 5.56 Å². The molecule has 7 heteroatoms. The second-order valence-corrected chi connectivity index (χ2v) is 7.58. The van der Waals surface area contributed by atoms with Crippen LogP contribution in [0, 0.1) is 0 Å². The summed E-state index contributed by atoms with van der Waals surface area (Å²) in [7, 11) is 0. The van der Waals surface area contributed by atoms with E-state index in [1.807, 2.05) is 41.0 Å². The van der Waals surface area contributed by atoms with Crippen molar-refractivity contribution in [3.63, 3.8) is 0 Å². The first-order chi connectivity index (χ1) is 14.0. The molecule has 1 heterocycles. The van der Waals surface area contributed by atoms with Gasteiger partial charge in [-0.1, -0.05) is 28.4 Å². The molecule has 4 aromatic rings. The minimum atomic E-state index is -0.723. The molecular weight excluding hydrogens is 411 g/mol. The van der Waals surface area contributed by atoms with Crippen LogP contribution in [-0.4, -0.2) is 33.8 Å². The van der Waals surface area contributed by atoms with Gasteiger partial charge in [0, 0.05) is 31.9 Å². The molecule has 148 valence electrons. The molecule has 3 aromatic carbocycles. The van der Waals surface area contributed by atoms with E-state index in [1.165, 1.54) is 6.21 Å². The van der Waals surface area contributed by atoms with Crippen LogP contribution >= 0.6 is 23.2 Å². The maximum atomic E-state index is 10.6. The van der Waals surface area contributed by atoms with Crippen LogP contribution in [0.25, 0.3) is 21.8 Å². The van der Waals surface area contributed by atoms with Gasteiger partial charge in [0.1, 0.15) is 18.5 Å². The number of fused-ring (bicyclic) bond motifs is 3. The molecule has 0 saturated heterocycles. The van der Waals surface area contributed by atoms with Crippen molar-refractivity contribution >= 4 is 51.2 Å². The third-order valence-corrected chi connectivity index (χ3v) is 5.18. The molecule has 0 aliphatic heterocycles. The molecule has 2 N–H and O–H groups in total. The second kappa shape index (κ2) is 8.33. The Morgan fingerprint density at radius 3 is 2.07 bits per heavy atom. The molecule has 5 nitrogen and oxygen atoms in total. The SMILES string of the molecule is O/N=C/c1ccc(OCC(O)Cn2c3ccc(Cl)cc3c3cc(Cl)ccc32)cc1. The lowest BCUT2D eigenvalue weighted by Gasteiger charge is -2.15. The first kappa shape index (κ1) is 19.6. The molecule has 0 saturated carbocycles. The van der Waals surface area contributed by atoms with Crippen LogP contribution in [0.4, 0.5) is 0 Å². The number of hydrogen-bond acceptors (Lipinski definition) is 4. The highest BCUT2D eigenvalue weighted by Gasteiger charge is 2.15. The number of oxime groups is 1. The monoisotopic (exact) mass is 428 g/mol. The zero-order valence-electron chi connectivity index (χ0n) is 15.3. The van der Waals surface area contributed by atoms with Crippen molar-refractivity contribution in [3.8, 4) is 5.75 Å². The van der Waals surface area contributed by atoms with E-state index in [0.29, 0.717) is 22.3 Å². The Labute approximate surface area is 177 Å². The van der Waals surface area contributed by atoms with E-state index >= 15 is 0 Å². The fourth-order valence-corrected chi connectivity index (χ4v) is 3.76. The highest BCUT2D eigenvalue weighted by molar-refractivity contribution is 6.33. The maximum Gasteiger partial charge on any atom is 0.119 e. The van der Waals surface area contributed by atoms with Gasteiger partial charge in [-0.3, -0.25) is 0 Å². The molecular formula is C22H18Cl2N2O3. The summed E-state index contributed by atoms with van der Waals surface area (Å²) in [5, 5.41) is 25.4. The van der Waals surface area contributed by atoms with Crippen LogP contribution in [0.15, 0.2) is 65.8 Å². The van der Waals surface area contributed by atoms with Gasteiger partial charge in [0.2, 0.25) is 0 Å². The fourth-order valence-electron chi connectivity index (χ4n) is 3.42. The van der Waals surface area contributed by atoms with Gasteiger partial charge in [0.05, 0.1) is 12.8 Å². The molecule has 1 unspecified atom stereocenters. The predicted octanol–water partition coefficient (Wildman–Crippen LogP) is 5.35. The van der Waals surface area contributed by atoms with Crippen LogP contribution < -0.4 is 4.74 Å². The van der Waals surface area contributed by atoms with Crippen molar-refractivity contribution in [1.29, 1.82) is 0 Å². The van der Waals surface area contributed by atoms with Gasteiger partial charge in [-0.2, -0.15) is 0 Å². The highest BCUT2D eigenvalue weighted by Crippen LogP contribution is 2.33. The lowest BCUT2D eigenvalue weighted by molar-refractivity contribution is 0.0945. The Hall–Kier alpha value is -2.73. The minimum absolute atomic E-state index is 0.135. The third kappa shape index (κ3) is 4.17. The summed E-state index contributed by atoms with van der Waals surface area (Å²) in [6.45, 7) is 0.494. The number of ether oxygens (including phenoxy) is 1. The Kier molecular flexibility index (Phi) is 5.62. The number of nitrogens with zero attached hydrogens (tertiary/aromatic N) is 2. The minimum Gasteiger partial charge on any atom is -0.491 e. The standard InChI is InChI=1S/C22H18Cl2N2O3/c23-15-3-7-21-19(9-15)20-10-16(24)4-8-22(20)26(21)12-17(27)13-29-18-5-1-14(2-6-18)11-25-28/h1-11,17,27-28H,12-13H2/b25-11+. The van der Waals surface area contributed by atoms with E-state index in [1.54, 1.807) is 24.3 Å². The number of halogens is 2. The van der Waals surface area contributed by atoms with Gasteiger partial charge >= 0.3 is 0 Å². The van der Waals surface area contributed by atoms with Gasteiger partial charge in [-0.05, 0) is 66.2 Å². The number of rotatable bonds is 6. The summed E-state index contributed by atoms with van der Waals surface area (Å²) >= 11 is 12.4. The zero-order chi connectivity index (χ0) is 20.4. The number of aliphatic hydroxyl groups is 1. The van der Waals surface area contributed by atoms with Crippen molar-refractivity contribution in [2.75, 3.05) is 6.61 Å². The van der Waals surface area contributed by atoms with Crippen LogP contribution in [0.3, 0.4) is 0 Å². The molecule has 0 aliphatic carbocycles. The van der Waals surface area contributed by atoms with Crippen molar-refractivity contribution in [2.45, 2.75) is 12.6 Å². The summed E-state index contributed by atoms with van der Waals surface area (Å²) in [5.41, 5.74) is 2.69. The summed E-state index contributed by atoms with van der Waals surface area (Å²) < 4.78 is 7.75. The number of aliphatic hydroxyl groups excluding tert-OH is 1. The smallest absolute Gasteiger partial charge is 0.119 e. The van der Waals surface area contributed by atoms with Crippen LogP contribution in [0.5, 0.6) is 5.75 Å². The molecule has 1 atom stereocenters. The first-order valence-electron chi connectivity index (χ1n) is 9.00. The lowest BCUT2D eigenvalue weighted by atomic mass is 10.1. The molecule has 0 bridgehead atoms. The lowest BCUT2D eigenvalue weighted by Crippen LogP contribution is -2.23. The van der Waals surface area contributed by atoms with Gasteiger partial charge in [0.15, 0.2) is 0 Å². The summed E-state index contributed by atoms with van der Waals surface area (Å²) in [6.07, 6.45) is 0.609.